The van der Waals surface area contributed by atoms with E-state index in [0.29, 0.717) is 0 Å². The summed E-state index contributed by atoms with van der Waals surface area (Å²) in [5, 5.41) is 0. The highest BCUT2D eigenvalue weighted by Gasteiger charge is 2.18. The molecule has 0 saturated carbocycles. The van der Waals surface area contributed by atoms with Gasteiger partial charge in [-0.1, -0.05) is 19.6 Å². The zero-order chi connectivity index (χ0) is 9.83. The molecule has 0 aliphatic rings. The predicted molar refractivity (Wildman–Crippen MR) is 53.6 cm³/mol. The second-order valence-corrected chi connectivity index (χ2v) is 11.4. The first-order valence-electron chi connectivity index (χ1n) is 4.14. The van der Waals surface area contributed by atoms with E-state index in [4.69, 9.17) is 0 Å². The third-order valence-electron chi connectivity index (χ3n) is 1.40. The van der Waals surface area contributed by atoms with Crippen molar-refractivity contribution in [3.8, 4) is 0 Å². The van der Waals surface area contributed by atoms with Gasteiger partial charge in [-0.25, -0.2) is 0 Å². The molecule has 0 fully saturated rings. The molecule has 0 aromatic rings. The maximum Gasteiger partial charge on any atom is 0.267 e. The highest BCUT2D eigenvalue weighted by atomic mass is 32.2. The fraction of sp³-hybridized carbons (Fsp3) is 1.00. The van der Waals surface area contributed by atoms with Crippen molar-refractivity contribution in [1.29, 1.82) is 0 Å². The van der Waals surface area contributed by atoms with Gasteiger partial charge in [0.1, 0.15) is 0 Å². The van der Waals surface area contributed by atoms with Crippen LogP contribution in [-0.4, -0.2) is 28.9 Å². The fourth-order valence-electron chi connectivity index (χ4n) is 0.670. The Balaban J connectivity index is 3.94. The van der Waals surface area contributed by atoms with Gasteiger partial charge >= 0.3 is 0 Å². The first kappa shape index (κ1) is 12.1. The van der Waals surface area contributed by atoms with Crippen LogP contribution in [0.2, 0.25) is 25.7 Å². The van der Waals surface area contributed by atoms with E-state index in [1.165, 1.54) is 0 Å². The Morgan fingerprint density at radius 1 is 1.25 bits per heavy atom. The molecule has 5 heteroatoms. The van der Waals surface area contributed by atoms with Crippen LogP contribution in [0.5, 0.6) is 0 Å². The molecule has 0 heterocycles. The van der Waals surface area contributed by atoms with Crippen LogP contribution in [-0.2, 0) is 14.3 Å². The normalized spacial score (nSPS) is 13.3. The standard InChI is InChI=1S/C7H18O3SSi/c1-5-10-11(8,9)6-7-12(2,3)4/h5-7H2,1-4H3. The Morgan fingerprint density at radius 3 is 2.08 bits per heavy atom. The van der Waals surface area contributed by atoms with E-state index in [0.717, 1.165) is 6.04 Å². The average Bonchev–Trinajstić information content (AvgIpc) is 1.83. The van der Waals surface area contributed by atoms with Crippen molar-refractivity contribution < 1.29 is 12.6 Å². The molecule has 0 aromatic heterocycles. The van der Waals surface area contributed by atoms with Gasteiger partial charge in [0.15, 0.2) is 0 Å². The Kier molecular flexibility index (Phi) is 4.43. The van der Waals surface area contributed by atoms with E-state index >= 15 is 0 Å². The number of rotatable bonds is 5. The lowest BCUT2D eigenvalue weighted by molar-refractivity contribution is 0.339. The van der Waals surface area contributed by atoms with Crippen molar-refractivity contribution in [2.24, 2.45) is 0 Å². The van der Waals surface area contributed by atoms with E-state index in [1.807, 2.05) is 0 Å². The van der Waals surface area contributed by atoms with Crippen LogP contribution >= 0.6 is 0 Å². The minimum Gasteiger partial charge on any atom is -0.270 e. The average molecular weight is 210 g/mol. The highest BCUT2D eigenvalue weighted by Crippen LogP contribution is 2.10. The van der Waals surface area contributed by atoms with Gasteiger partial charge < -0.3 is 0 Å². The molecule has 0 saturated heterocycles. The fourth-order valence-corrected chi connectivity index (χ4v) is 4.60. The third-order valence-corrected chi connectivity index (χ3v) is 4.81. The van der Waals surface area contributed by atoms with Crippen LogP contribution < -0.4 is 0 Å². The summed E-state index contributed by atoms with van der Waals surface area (Å²) >= 11 is 0. The smallest absolute Gasteiger partial charge is 0.267 e. The van der Waals surface area contributed by atoms with Crippen molar-refractivity contribution in [2.75, 3.05) is 12.4 Å². The van der Waals surface area contributed by atoms with Gasteiger partial charge in [-0.05, 0) is 13.0 Å². The van der Waals surface area contributed by atoms with Crippen LogP contribution in [0.25, 0.3) is 0 Å². The zero-order valence-corrected chi connectivity index (χ0v) is 10.1. The summed E-state index contributed by atoms with van der Waals surface area (Å²) in [5.41, 5.74) is 0. The highest BCUT2D eigenvalue weighted by molar-refractivity contribution is 7.86. The summed E-state index contributed by atoms with van der Waals surface area (Å²) in [6.07, 6.45) is 0. The van der Waals surface area contributed by atoms with Crippen molar-refractivity contribution in [3.05, 3.63) is 0 Å². The zero-order valence-electron chi connectivity index (χ0n) is 8.25. The molecule has 0 unspecified atom stereocenters. The minimum atomic E-state index is -3.23. The molecule has 0 bridgehead atoms. The van der Waals surface area contributed by atoms with E-state index in [-0.39, 0.29) is 12.4 Å². The Morgan fingerprint density at radius 2 is 1.75 bits per heavy atom. The Bertz CT molecular complexity index is 215. The molecule has 74 valence electrons. The monoisotopic (exact) mass is 210 g/mol. The Labute approximate surface area is 76.3 Å². The van der Waals surface area contributed by atoms with E-state index in [2.05, 4.69) is 23.8 Å². The van der Waals surface area contributed by atoms with Gasteiger partial charge in [-0.15, -0.1) is 0 Å². The van der Waals surface area contributed by atoms with Gasteiger partial charge in [-0.3, -0.25) is 4.18 Å². The molecular formula is C7H18O3SSi. The van der Waals surface area contributed by atoms with E-state index in [9.17, 15) is 8.42 Å². The lowest BCUT2D eigenvalue weighted by Crippen LogP contribution is -2.24. The van der Waals surface area contributed by atoms with Gasteiger partial charge in [0.25, 0.3) is 10.1 Å². The predicted octanol–water partition coefficient (Wildman–Crippen LogP) is 1.69. The summed E-state index contributed by atoms with van der Waals surface area (Å²) in [7, 11) is -4.49. The lowest BCUT2D eigenvalue weighted by atomic mass is 10.9. The van der Waals surface area contributed by atoms with E-state index in [1.54, 1.807) is 6.92 Å². The molecule has 3 nitrogen and oxygen atoms in total. The van der Waals surface area contributed by atoms with Crippen molar-refractivity contribution in [1.82, 2.24) is 0 Å². The molecule has 0 amide bonds. The summed E-state index contributed by atoms with van der Waals surface area (Å²) in [5.74, 6) is 0.177. The summed E-state index contributed by atoms with van der Waals surface area (Å²) in [6.45, 7) is 8.37. The molecule has 0 aliphatic carbocycles. The molecule has 12 heavy (non-hydrogen) atoms. The quantitative estimate of drug-likeness (QED) is 0.512. The summed E-state index contributed by atoms with van der Waals surface area (Å²) in [4.78, 5) is 0. The summed E-state index contributed by atoms with van der Waals surface area (Å²) < 4.78 is 26.8. The third kappa shape index (κ3) is 6.81. The maximum atomic E-state index is 11.1. The van der Waals surface area contributed by atoms with Crippen LogP contribution in [0.15, 0.2) is 0 Å². The molecule has 0 radical (unpaired) electrons. The molecule has 0 aromatic carbocycles. The second-order valence-electron chi connectivity index (χ2n) is 3.98. The molecule has 0 atom stereocenters. The number of hydrogen-bond acceptors (Lipinski definition) is 3. The van der Waals surface area contributed by atoms with Gasteiger partial charge in [0.2, 0.25) is 0 Å². The second kappa shape index (κ2) is 4.39. The van der Waals surface area contributed by atoms with Crippen LogP contribution in [0, 0.1) is 0 Å². The van der Waals surface area contributed by atoms with Gasteiger partial charge in [-0.2, -0.15) is 8.42 Å². The molecule has 0 aliphatic heterocycles. The topological polar surface area (TPSA) is 43.4 Å². The maximum absolute atomic E-state index is 11.1. The first-order chi connectivity index (χ1) is 5.27. The van der Waals surface area contributed by atoms with Gasteiger partial charge in [0, 0.05) is 8.07 Å². The van der Waals surface area contributed by atoms with Crippen LogP contribution in [0.3, 0.4) is 0 Å². The SMILES string of the molecule is CCOS(=O)(=O)CC[Si](C)(C)C. The molecular weight excluding hydrogens is 192 g/mol. The summed E-state index contributed by atoms with van der Waals surface area (Å²) in [6, 6.07) is 0.773. The molecule has 0 spiro atoms. The van der Waals surface area contributed by atoms with Crippen LogP contribution in [0.4, 0.5) is 0 Å². The first-order valence-corrected chi connectivity index (χ1v) is 9.42. The van der Waals surface area contributed by atoms with E-state index < -0.39 is 18.2 Å². The molecule has 0 N–H and O–H groups in total. The largest absolute Gasteiger partial charge is 0.270 e. The lowest BCUT2D eigenvalue weighted by Gasteiger charge is -2.14. The van der Waals surface area contributed by atoms with Crippen molar-refractivity contribution in [3.63, 3.8) is 0 Å². The van der Waals surface area contributed by atoms with Gasteiger partial charge in [0.05, 0.1) is 12.4 Å². The van der Waals surface area contributed by atoms with Crippen molar-refractivity contribution >= 4 is 18.2 Å². The van der Waals surface area contributed by atoms with Crippen molar-refractivity contribution in [2.45, 2.75) is 32.6 Å². The minimum absolute atomic E-state index is 0.177. The molecule has 0 rings (SSSR count). The Hall–Kier alpha value is 0.127. The van der Waals surface area contributed by atoms with Crippen LogP contribution in [0.1, 0.15) is 6.92 Å². The number of hydrogen-bond donors (Lipinski definition) is 0.